The molecule has 0 amide bonds. The third-order valence-corrected chi connectivity index (χ3v) is 3.26. The first kappa shape index (κ1) is 12.3. The van der Waals surface area contributed by atoms with Crippen LogP contribution < -0.4 is 11.3 Å². The summed E-state index contributed by atoms with van der Waals surface area (Å²) in [7, 11) is 0. The van der Waals surface area contributed by atoms with Gasteiger partial charge in [-0.2, -0.15) is 11.8 Å². The van der Waals surface area contributed by atoms with Crippen LogP contribution in [0.5, 0.6) is 0 Å². The standard InChI is InChI=1S/C9H22N2S/c1-7(2)5-12-6-9(11-10)8(3)4/h7-9,11H,5-6,10H2,1-4H3. The summed E-state index contributed by atoms with van der Waals surface area (Å²) in [6, 6.07) is 0.453. The van der Waals surface area contributed by atoms with Gasteiger partial charge in [0.05, 0.1) is 0 Å². The van der Waals surface area contributed by atoms with Crippen molar-refractivity contribution in [1.82, 2.24) is 5.43 Å². The lowest BCUT2D eigenvalue weighted by Gasteiger charge is -2.19. The summed E-state index contributed by atoms with van der Waals surface area (Å²) >= 11 is 1.98. The van der Waals surface area contributed by atoms with E-state index in [-0.39, 0.29) is 0 Å². The van der Waals surface area contributed by atoms with E-state index in [0.29, 0.717) is 12.0 Å². The van der Waals surface area contributed by atoms with Crippen LogP contribution in [0, 0.1) is 11.8 Å². The number of nitrogens with one attached hydrogen (secondary N) is 1. The molecule has 0 heterocycles. The van der Waals surface area contributed by atoms with E-state index >= 15 is 0 Å². The second kappa shape index (κ2) is 6.75. The van der Waals surface area contributed by atoms with Crippen molar-refractivity contribution in [3.05, 3.63) is 0 Å². The number of hydrogen-bond donors (Lipinski definition) is 2. The minimum atomic E-state index is 0.453. The smallest absolute Gasteiger partial charge is 0.0324 e. The molecular formula is C9H22N2S. The van der Waals surface area contributed by atoms with Gasteiger partial charge in [0, 0.05) is 11.8 Å². The fourth-order valence-electron chi connectivity index (χ4n) is 0.864. The highest BCUT2D eigenvalue weighted by molar-refractivity contribution is 7.99. The van der Waals surface area contributed by atoms with Gasteiger partial charge >= 0.3 is 0 Å². The zero-order valence-electron chi connectivity index (χ0n) is 8.63. The third-order valence-electron chi connectivity index (χ3n) is 1.77. The van der Waals surface area contributed by atoms with E-state index in [4.69, 9.17) is 5.84 Å². The van der Waals surface area contributed by atoms with Crippen LogP contribution in [0.3, 0.4) is 0 Å². The van der Waals surface area contributed by atoms with Crippen molar-refractivity contribution in [2.75, 3.05) is 11.5 Å². The highest BCUT2D eigenvalue weighted by Gasteiger charge is 2.10. The molecular weight excluding hydrogens is 168 g/mol. The highest BCUT2D eigenvalue weighted by Crippen LogP contribution is 2.12. The van der Waals surface area contributed by atoms with Gasteiger partial charge in [0.15, 0.2) is 0 Å². The summed E-state index contributed by atoms with van der Waals surface area (Å²) in [5.74, 6) is 9.17. The molecule has 0 spiro atoms. The Morgan fingerprint density at radius 1 is 1.17 bits per heavy atom. The molecule has 1 unspecified atom stereocenters. The van der Waals surface area contributed by atoms with E-state index in [1.807, 2.05) is 11.8 Å². The van der Waals surface area contributed by atoms with Crippen LogP contribution in [0.25, 0.3) is 0 Å². The molecule has 0 radical (unpaired) electrons. The zero-order valence-corrected chi connectivity index (χ0v) is 9.45. The number of hydrazine groups is 1. The van der Waals surface area contributed by atoms with Gasteiger partial charge < -0.3 is 0 Å². The average Bonchev–Trinajstić information content (AvgIpc) is 1.96. The van der Waals surface area contributed by atoms with Crippen molar-refractivity contribution >= 4 is 11.8 Å². The predicted octanol–water partition coefficient (Wildman–Crippen LogP) is 1.86. The van der Waals surface area contributed by atoms with Crippen LogP contribution >= 0.6 is 11.8 Å². The summed E-state index contributed by atoms with van der Waals surface area (Å²) in [4.78, 5) is 0. The van der Waals surface area contributed by atoms with Crippen molar-refractivity contribution < 1.29 is 0 Å². The Labute approximate surface area is 80.6 Å². The van der Waals surface area contributed by atoms with Crippen LogP contribution in [0.15, 0.2) is 0 Å². The predicted molar refractivity (Wildman–Crippen MR) is 58.1 cm³/mol. The fourth-order valence-corrected chi connectivity index (χ4v) is 2.21. The zero-order chi connectivity index (χ0) is 9.56. The maximum Gasteiger partial charge on any atom is 0.0324 e. The molecule has 0 aromatic heterocycles. The quantitative estimate of drug-likeness (QED) is 0.496. The van der Waals surface area contributed by atoms with Gasteiger partial charge in [-0.25, -0.2) is 0 Å². The molecule has 74 valence electrons. The minimum Gasteiger partial charge on any atom is -0.271 e. The molecule has 2 nitrogen and oxygen atoms in total. The molecule has 0 fully saturated rings. The van der Waals surface area contributed by atoms with Crippen molar-refractivity contribution in [3.8, 4) is 0 Å². The van der Waals surface area contributed by atoms with Crippen LogP contribution in [0.4, 0.5) is 0 Å². The van der Waals surface area contributed by atoms with E-state index in [0.717, 1.165) is 11.7 Å². The second-order valence-electron chi connectivity index (χ2n) is 3.95. The summed E-state index contributed by atoms with van der Waals surface area (Å²) in [6.07, 6.45) is 0. The topological polar surface area (TPSA) is 38.0 Å². The molecule has 3 heteroatoms. The molecule has 0 aliphatic heterocycles. The third kappa shape index (κ3) is 5.86. The van der Waals surface area contributed by atoms with E-state index < -0.39 is 0 Å². The van der Waals surface area contributed by atoms with Crippen LogP contribution in [-0.4, -0.2) is 17.5 Å². The van der Waals surface area contributed by atoms with Crippen LogP contribution in [0.2, 0.25) is 0 Å². The maximum atomic E-state index is 5.43. The largest absolute Gasteiger partial charge is 0.271 e. The molecule has 0 aliphatic rings. The molecule has 0 saturated carbocycles. The van der Waals surface area contributed by atoms with Gasteiger partial charge in [-0.05, 0) is 17.6 Å². The van der Waals surface area contributed by atoms with Gasteiger partial charge in [-0.3, -0.25) is 11.3 Å². The van der Waals surface area contributed by atoms with Crippen molar-refractivity contribution in [2.45, 2.75) is 33.7 Å². The maximum absolute atomic E-state index is 5.43. The van der Waals surface area contributed by atoms with E-state index in [1.54, 1.807) is 0 Å². The van der Waals surface area contributed by atoms with Gasteiger partial charge in [-0.1, -0.05) is 27.7 Å². The molecule has 0 rings (SSSR count). The lowest BCUT2D eigenvalue weighted by molar-refractivity contribution is 0.443. The van der Waals surface area contributed by atoms with Crippen molar-refractivity contribution in [2.24, 2.45) is 17.7 Å². The number of rotatable bonds is 6. The molecule has 12 heavy (non-hydrogen) atoms. The van der Waals surface area contributed by atoms with Crippen molar-refractivity contribution in [1.29, 1.82) is 0 Å². The van der Waals surface area contributed by atoms with E-state index in [9.17, 15) is 0 Å². The Morgan fingerprint density at radius 3 is 2.08 bits per heavy atom. The first-order valence-electron chi connectivity index (χ1n) is 4.61. The summed E-state index contributed by atoms with van der Waals surface area (Å²) in [6.45, 7) is 8.88. The molecule has 0 aromatic carbocycles. The molecule has 3 N–H and O–H groups in total. The van der Waals surface area contributed by atoms with Crippen LogP contribution in [-0.2, 0) is 0 Å². The van der Waals surface area contributed by atoms with Gasteiger partial charge in [-0.15, -0.1) is 0 Å². The molecule has 0 bridgehead atoms. The highest BCUT2D eigenvalue weighted by atomic mass is 32.2. The Bertz CT molecular complexity index is 105. The summed E-state index contributed by atoms with van der Waals surface area (Å²) in [5, 5.41) is 0. The lowest BCUT2D eigenvalue weighted by atomic mass is 10.1. The monoisotopic (exact) mass is 190 g/mol. The minimum absolute atomic E-state index is 0.453. The number of hydrogen-bond acceptors (Lipinski definition) is 3. The average molecular weight is 190 g/mol. The van der Waals surface area contributed by atoms with Crippen molar-refractivity contribution in [3.63, 3.8) is 0 Å². The molecule has 0 aliphatic carbocycles. The lowest BCUT2D eigenvalue weighted by Crippen LogP contribution is -2.40. The summed E-state index contributed by atoms with van der Waals surface area (Å²) in [5.41, 5.74) is 2.85. The second-order valence-corrected chi connectivity index (χ2v) is 5.02. The number of thioether (sulfide) groups is 1. The van der Waals surface area contributed by atoms with E-state index in [2.05, 4.69) is 33.1 Å². The van der Waals surface area contributed by atoms with Crippen LogP contribution in [0.1, 0.15) is 27.7 Å². The van der Waals surface area contributed by atoms with Gasteiger partial charge in [0.25, 0.3) is 0 Å². The molecule has 0 saturated heterocycles. The van der Waals surface area contributed by atoms with Gasteiger partial charge in [0.1, 0.15) is 0 Å². The fraction of sp³-hybridized carbons (Fsp3) is 1.00. The Morgan fingerprint density at radius 2 is 1.75 bits per heavy atom. The van der Waals surface area contributed by atoms with E-state index in [1.165, 1.54) is 5.75 Å². The SMILES string of the molecule is CC(C)CSCC(NN)C(C)C. The Balaban J connectivity index is 3.45. The summed E-state index contributed by atoms with van der Waals surface area (Å²) < 4.78 is 0. The first-order chi connectivity index (χ1) is 5.57. The van der Waals surface area contributed by atoms with Gasteiger partial charge in [0.2, 0.25) is 0 Å². The Hall–Kier alpha value is 0.270. The normalized spacial score (nSPS) is 14.2. The molecule has 0 aromatic rings. The first-order valence-corrected chi connectivity index (χ1v) is 5.77. The molecule has 1 atom stereocenters. The Kier molecular flexibility index (Phi) is 6.90. The number of nitrogens with two attached hydrogens (primary N) is 1.